The van der Waals surface area contributed by atoms with E-state index < -0.39 is 0 Å². The molecule has 0 aliphatic carbocycles. The fourth-order valence-corrected chi connectivity index (χ4v) is 2.27. The van der Waals surface area contributed by atoms with Crippen LogP contribution in [0.2, 0.25) is 0 Å². The molecule has 0 atom stereocenters. The molecule has 0 unspecified atom stereocenters. The van der Waals surface area contributed by atoms with Crippen molar-refractivity contribution in [3.8, 4) is 0 Å². The molecule has 1 aromatic carbocycles. The standard InChI is InChI=1S/C14H21N3O/c1-3-17(4-2)14(18)16-12-7-8-13-11(10-12)6-5-9-15-13/h7-8,10,15H,3-6,9H2,1-2H3,(H,16,18). The summed E-state index contributed by atoms with van der Waals surface area (Å²) in [7, 11) is 0. The summed E-state index contributed by atoms with van der Waals surface area (Å²) in [6.07, 6.45) is 2.23. The van der Waals surface area contributed by atoms with Crippen LogP contribution in [-0.4, -0.2) is 30.6 Å². The largest absolute Gasteiger partial charge is 0.385 e. The van der Waals surface area contributed by atoms with Crippen molar-refractivity contribution in [2.45, 2.75) is 26.7 Å². The third kappa shape index (κ3) is 2.75. The lowest BCUT2D eigenvalue weighted by molar-refractivity contribution is 0.217. The SMILES string of the molecule is CCN(CC)C(=O)Nc1ccc2c(c1)CCCN2. The number of carbonyl (C=O) groups is 1. The van der Waals surface area contributed by atoms with Gasteiger partial charge in [-0.15, -0.1) is 0 Å². The first kappa shape index (κ1) is 12.7. The van der Waals surface area contributed by atoms with Crippen molar-refractivity contribution in [1.29, 1.82) is 0 Å². The third-order valence-corrected chi connectivity index (χ3v) is 3.35. The highest BCUT2D eigenvalue weighted by molar-refractivity contribution is 5.89. The van der Waals surface area contributed by atoms with Crippen LogP contribution in [0, 0.1) is 0 Å². The highest BCUT2D eigenvalue weighted by atomic mass is 16.2. The van der Waals surface area contributed by atoms with E-state index in [1.807, 2.05) is 26.0 Å². The zero-order chi connectivity index (χ0) is 13.0. The molecule has 2 amide bonds. The quantitative estimate of drug-likeness (QED) is 0.862. The molecule has 1 aromatic rings. The van der Waals surface area contributed by atoms with E-state index in [4.69, 9.17) is 0 Å². The molecule has 18 heavy (non-hydrogen) atoms. The van der Waals surface area contributed by atoms with Crippen molar-refractivity contribution < 1.29 is 4.79 Å². The minimum Gasteiger partial charge on any atom is -0.385 e. The predicted molar refractivity (Wildman–Crippen MR) is 75.2 cm³/mol. The molecule has 0 spiro atoms. The maximum Gasteiger partial charge on any atom is 0.321 e. The summed E-state index contributed by atoms with van der Waals surface area (Å²) >= 11 is 0. The molecule has 0 saturated carbocycles. The molecule has 4 nitrogen and oxygen atoms in total. The first-order chi connectivity index (χ1) is 8.74. The zero-order valence-electron chi connectivity index (χ0n) is 11.1. The molecule has 0 fully saturated rings. The number of hydrogen-bond donors (Lipinski definition) is 2. The molecule has 0 radical (unpaired) electrons. The summed E-state index contributed by atoms with van der Waals surface area (Å²) in [6.45, 7) is 6.47. The summed E-state index contributed by atoms with van der Waals surface area (Å²) in [6, 6.07) is 6.05. The van der Waals surface area contributed by atoms with Gasteiger partial charge in [0, 0.05) is 31.0 Å². The molecule has 0 saturated heterocycles. The van der Waals surface area contributed by atoms with Crippen LogP contribution in [-0.2, 0) is 6.42 Å². The number of rotatable bonds is 3. The molecule has 0 bridgehead atoms. The van der Waals surface area contributed by atoms with Crippen molar-refractivity contribution in [3.05, 3.63) is 23.8 Å². The van der Waals surface area contributed by atoms with Gasteiger partial charge in [0.2, 0.25) is 0 Å². The number of nitrogens with one attached hydrogen (secondary N) is 2. The normalized spacial score (nSPS) is 13.4. The zero-order valence-corrected chi connectivity index (χ0v) is 11.1. The Hall–Kier alpha value is -1.71. The van der Waals surface area contributed by atoms with Gasteiger partial charge in [-0.3, -0.25) is 0 Å². The van der Waals surface area contributed by atoms with Crippen molar-refractivity contribution in [2.75, 3.05) is 30.3 Å². The van der Waals surface area contributed by atoms with Crippen LogP contribution < -0.4 is 10.6 Å². The van der Waals surface area contributed by atoms with Gasteiger partial charge in [-0.05, 0) is 50.5 Å². The van der Waals surface area contributed by atoms with Gasteiger partial charge in [-0.25, -0.2) is 4.79 Å². The van der Waals surface area contributed by atoms with E-state index in [0.717, 1.165) is 38.2 Å². The Bertz CT molecular complexity index is 427. The minimum absolute atomic E-state index is 0.0243. The molecule has 2 N–H and O–H groups in total. The maximum atomic E-state index is 11.9. The molecule has 1 aliphatic rings. The minimum atomic E-state index is -0.0243. The van der Waals surface area contributed by atoms with E-state index in [-0.39, 0.29) is 6.03 Å². The Labute approximate surface area is 108 Å². The van der Waals surface area contributed by atoms with Gasteiger partial charge in [0.05, 0.1) is 0 Å². The Kier molecular flexibility index (Phi) is 4.07. The van der Waals surface area contributed by atoms with Gasteiger partial charge in [-0.1, -0.05) is 0 Å². The highest BCUT2D eigenvalue weighted by Gasteiger charge is 2.12. The summed E-state index contributed by atoms with van der Waals surface area (Å²) < 4.78 is 0. The lowest BCUT2D eigenvalue weighted by Crippen LogP contribution is -2.34. The molecule has 2 rings (SSSR count). The average molecular weight is 247 g/mol. The van der Waals surface area contributed by atoms with E-state index in [1.165, 1.54) is 11.3 Å². The van der Waals surface area contributed by atoms with Crippen molar-refractivity contribution >= 4 is 17.4 Å². The number of carbonyl (C=O) groups excluding carboxylic acids is 1. The van der Waals surface area contributed by atoms with E-state index >= 15 is 0 Å². The molecule has 98 valence electrons. The fraction of sp³-hybridized carbons (Fsp3) is 0.500. The van der Waals surface area contributed by atoms with Crippen LogP contribution in [0.4, 0.5) is 16.2 Å². The molecule has 1 aliphatic heterocycles. The van der Waals surface area contributed by atoms with Crippen LogP contribution in [0.25, 0.3) is 0 Å². The molecule has 0 aromatic heterocycles. The van der Waals surface area contributed by atoms with Gasteiger partial charge < -0.3 is 15.5 Å². The van der Waals surface area contributed by atoms with E-state index in [0.29, 0.717) is 0 Å². The lowest BCUT2D eigenvalue weighted by Gasteiger charge is -2.21. The summed E-state index contributed by atoms with van der Waals surface area (Å²) in [5.74, 6) is 0. The predicted octanol–water partition coefficient (Wildman–Crippen LogP) is 2.92. The van der Waals surface area contributed by atoms with E-state index in [1.54, 1.807) is 4.90 Å². The Balaban J connectivity index is 2.08. The fourth-order valence-electron chi connectivity index (χ4n) is 2.27. The Morgan fingerprint density at radius 1 is 1.39 bits per heavy atom. The molecular formula is C14H21N3O. The smallest absolute Gasteiger partial charge is 0.321 e. The highest BCUT2D eigenvalue weighted by Crippen LogP contribution is 2.25. The molecule has 4 heteroatoms. The lowest BCUT2D eigenvalue weighted by atomic mass is 10.0. The monoisotopic (exact) mass is 247 g/mol. The molecular weight excluding hydrogens is 226 g/mol. The van der Waals surface area contributed by atoms with Gasteiger partial charge >= 0.3 is 6.03 Å². The third-order valence-electron chi connectivity index (χ3n) is 3.35. The number of urea groups is 1. The summed E-state index contributed by atoms with van der Waals surface area (Å²) in [5.41, 5.74) is 3.37. The van der Waals surface area contributed by atoms with Crippen LogP contribution in [0.5, 0.6) is 0 Å². The second-order valence-electron chi connectivity index (χ2n) is 4.50. The summed E-state index contributed by atoms with van der Waals surface area (Å²) in [4.78, 5) is 13.7. The number of benzene rings is 1. The van der Waals surface area contributed by atoms with E-state index in [9.17, 15) is 4.79 Å². The number of fused-ring (bicyclic) bond motifs is 1. The number of anilines is 2. The van der Waals surface area contributed by atoms with Crippen molar-refractivity contribution in [3.63, 3.8) is 0 Å². The van der Waals surface area contributed by atoms with Crippen molar-refractivity contribution in [1.82, 2.24) is 4.90 Å². The maximum absolute atomic E-state index is 11.9. The van der Waals surface area contributed by atoms with Gasteiger partial charge in [0.25, 0.3) is 0 Å². The van der Waals surface area contributed by atoms with E-state index in [2.05, 4.69) is 16.7 Å². The second kappa shape index (κ2) is 5.76. The first-order valence-electron chi connectivity index (χ1n) is 6.67. The van der Waals surface area contributed by atoms with Crippen LogP contribution in [0.1, 0.15) is 25.8 Å². The second-order valence-corrected chi connectivity index (χ2v) is 4.50. The topological polar surface area (TPSA) is 44.4 Å². The van der Waals surface area contributed by atoms with Gasteiger partial charge in [0.15, 0.2) is 0 Å². The van der Waals surface area contributed by atoms with Gasteiger partial charge in [-0.2, -0.15) is 0 Å². The number of nitrogens with zero attached hydrogens (tertiary/aromatic N) is 1. The first-order valence-corrected chi connectivity index (χ1v) is 6.67. The van der Waals surface area contributed by atoms with Crippen LogP contribution >= 0.6 is 0 Å². The molecule has 1 heterocycles. The number of hydrogen-bond acceptors (Lipinski definition) is 2. The Morgan fingerprint density at radius 3 is 2.89 bits per heavy atom. The van der Waals surface area contributed by atoms with Crippen LogP contribution in [0.15, 0.2) is 18.2 Å². The van der Waals surface area contributed by atoms with Gasteiger partial charge in [0.1, 0.15) is 0 Å². The van der Waals surface area contributed by atoms with Crippen molar-refractivity contribution in [2.24, 2.45) is 0 Å². The number of amides is 2. The summed E-state index contributed by atoms with van der Waals surface area (Å²) in [5, 5.41) is 6.32. The van der Waals surface area contributed by atoms with Crippen LogP contribution in [0.3, 0.4) is 0 Å². The Morgan fingerprint density at radius 2 is 2.17 bits per heavy atom. The number of aryl methyl sites for hydroxylation is 1. The average Bonchev–Trinajstić information content (AvgIpc) is 2.40.